The van der Waals surface area contributed by atoms with Crippen LogP contribution in [0.15, 0.2) is 0 Å². The van der Waals surface area contributed by atoms with E-state index in [0.29, 0.717) is 0 Å². The Morgan fingerprint density at radius 2 is 1.50 bits per heavy atom. The summed E-state index contributed by atoms with van der Waals surface area (Å²) < 4.78 is 10.9. The van der Waals surface area contributed by atoms with Gasteiger partial charge in [-0.05, 0) is 0 Å². The molecule has 10 heteroatoms. The zero-order chi connectivity index (χ0) is 14.5. The predicted octanol–water partition coefficient (Wildman–Crippen LogP) is -0.959. The van der Waals surface area contributed by atoms with E-state index in [-0.39, 0.29) is 6.29 Å². The van der Waals surface area contributed by atoms with E-state index in [4.69, 9.17) is 20.2 Å². The second-order valence-electron chi connectivity index (χ2n) is 3.55. The number of rotatable bonds is 8. The van der Waals surface area contributed by atoms with Crippen molar-refractivity contribution in [1.82, 2.24) is 0 Å². The minimum Gasteiger partial charge on any atom is -0.481 e. The van der Waals surface area contributed by atoms with Crippen molar-refractivity contribution in [3.8, 4) is 0 Å². The van der Waals surface area contributed by atoms with Crippen LogP contribution < -0.4 is 0 Å². The van der Waals surface area contributed by atoms with Crippen molar-refractivity contribution in [2.24, 2.45) is 5.41 Å². The molecule has 0 radical (unpaired) electrons. The molecule has 0 saturated carbocycles. The van der Waals surface area contributed by atoms with E-state index in [9.17, 15) is 23.7 Å². The first kappa shape index (κ1) is 16.3. The Morgan fingerprint density at radius 1 is 1.11 bits per heavy atom. The Labute approximate surface area is 101 Å². The lowest BCUT2D eigenvalue weighted by atomic mass is 9.78. The van der Waals surface area contributed by atoms with E-state index in [2.05, 4.69) is 0 Å². The van der Waals surface area contributed by atoms with Crippen LogP contribution in [0.3, 0.4) is 0 Å². The van der Waals surface area contributed by atoms with E-state index >= 15 is 0 Å². The third-order valence-corrected chi connectivity index (χ3v) is 3.58. The van der Waals surface area contributed by atoms with Crippen molar-refractivity contribution in [1.29, 1.82) is 0 Å². The molecule has 0 aliphatic carbocycles. The quantitative estimate of drug-likeness (QED) is 0.324. The molecule has 0 rings (SSSR count). The summed E-state index contributed by atoms with van der Waals surface area (Å²) in [5.41, 5.74) is -4.71. The largest absolute Gasteiger partial charge is 0.481 e. The van der Waals surface area contributed by atoms with Gasteiger partial charge in [-0.3, -0.25) is 18.9 Å². The molecular formula is C8H11O9P. The molecule has 0 amide bonds. The molecular weight excluding hydrogens is 271 g/mol. The fourth-order valence-corrected chi connectivity index (χ4v) is 2.45. The van der Waals surface area contributed by atoms with Crippen LogP contribution in [0.4, 0.5) is 0 Å². The molecule has 0 spiro atoms. The normalized spacial score (nSPS) is 14.5. The van der Waals surface area contributed by atoms with E-state index in [1.165, 1.54) is 0 Å². The smallest absolute Gasteiger partial charge is 0.312 e. The molecule has 102 valence electrons. The summed E-state index contributed by atoms with van der Waals surface area (Å²) in [5, 5.41) is 26.1. The summed E-state index contributed by atoms with van der Waals surface area (Å²) in [6.45, 7) is 0. The average molecular weight is 282 g/mol. The zero-order valence-electron chi connectivity index (χ0n) is 8.90. The van der Waals surface area contributed by atoms with Gasteiger partial charge in [-0.15, -0.1) is 0 Å². The second-order valence-corrected chi connectivity index (χ2v) is 4.85. The van der Waals surface area contributed by atoms with Crippen LogP contribution in [0, 0.1) is 5.41 Å². The van der Waals surface area contributed by atoms with E-state index in [1.807, 2.05) is 0 Å². The van der Waals surface area contributed by atoms with Crippen LogP contribution in [0.1, 0.15) is 12.8 Å². The third kappa shape index (κ3) is 3.64. The third-order valence-electron chi connectivity index (χ3n) is 2.36. The van der Waals surface area contributed by atoms with Crippen LogP contribution >= 0.6 is 8.03 Å². The highest BCUT2D eigenvalue weighted by molar-refractivity contribution is 7.40. The van der Waals surface area contributed by atoms with Crippen molar-refractivity contribution in [2.45, 2.75) is 18.5 Å². The van der Waals surface area contributed by atoms with Gasteiger partial charge in [0.1, 0.15) is 17.4 Å². The van der Waals surface area contributed by atoms with Gasteiger partial charge in [0.15, 0.2) is 8.03 Å². The topological polar surface area (TPSA) is 166 Å². The van der Waals surface area contributed by atoms with Gasteiger partial charge in [0, 0.05) is 0 Å². The lowest BCUT2D eigenvalue weighted by Gasteiger charge is -2.29. The van der Waals surface area contributed by atoms with Gasteiger partial charge in [-0.1, -0.05) is 0 Å². The Morgan fingerprint density at radius 3 is 1.67 bits per heavy atom. The summed E-state index contributed by atoms with van der Waals surface area (Å²) in [6, 6.07) is 0. The van der Waals surface area contributed by atoms with Crippen LogP contribution in [-0.4, -0.2) is 50.1 Å². The Bertz CT molecular complexity index is 385. The highest BCUT2D eigenvalue weighted by Crippen LogP contribution is 2.42. The summed E-state index contributed by atoms with van der Waals surface area (Å²) in [7, 11) is -3.74. The molecule has 4 N–H and O–H groups in total. The zero-order valence-corrected chi connectivity index (χ0v) is 9.90. The van der Waals surface area contributed by atoms with Gasteiger partial charge >= 0.3 is 17.9 Å². The molecule has 0 aromatic heterocycles. The van der Waals surface area contributed by atoms with Gasteiger partial charge < -0.3 is 25.0 Å². The first-order chi connectivity index (χ1) is 8.17. The number of carboxylic acid groups (broad SMARTS) is 3. The van der Waals surface area contributed by atoms with Gasteiger partial charge in [0.25, 0.3) is 0 Å². The first-order valence-corrected chi connectivity index (χ1v) is 5.95. The minimum atomic E-state index is -3.74. The standard InChI is InChI=1S/C8H11O9P/c9-3-4(18(16)17)8(7(14)15,1-5(10)11)2-6(12)13/h3-4,18H,1-2H2,(H,10,11)(H,12,13)(H,14,15)(H,16,17). The number of carbonyl (C=O) groups is 4. The molecule has 2 atom stereocenters. The minimum absolute atomic E-state index is 0.193. The van der Waals surface area contributed by atoms with Crippen LogP contribution in [0.5, 0.6) is 0 Å². The second kappa shape index (κ2) is 6.27. The SMILES string of the molecule is O=CC([PH](=O)O)C(CC(=O)O)(CC(=O)O)C(=O)O. The molecule has 0 aromatic rings. The maximum absolute atomic E-state index is 11.1. The summed E-state index contributed by atoms with van der Waals surface area (Å²) >= 11 is 0. The Hall–Kier alpha value is -1.73. The molecule has 0 aliphatic rings. The van der Waals surface area contributed by atoms with E-state index in [1.54, 1.807) is 0 Å². The molecule has 0 saturated heterocycles. The number of carbonyl (C=O) groups excluding carboxylic acids is 1. The molecule has 0 aliphatic heterocycles. The maximum Gasteiger partial charge on any atom is 0.312 e. The lowest BCUT2D eigenvalue weighted by Crippen LogP contribution is -2.45. The summed E-state index contributed by atoms with van der Waals surface area (Å²) in [5.74, 6) is -5.29. The summed E-state index contributed by atoms with van der Waals surface area (Å²) in [6.07, 6.45) is -2.68. The fraction of sp³-hybridized carbons (Fsp3) is 0.500. The lowest BCUT2D eigenvalue weighted by molar-refractivity contribution is -0.161. The first-order valence-electron chi connectivity index (χ1n) is 4.52. The number of aldehydes is 1. The molecule has 0 aromatic carbocycles. The summed E-state index contributed by atoms with van der Waals surface area (Å²) in [4.78, 5) is 51.8. The van der Waals surface area contributed by atoms with Crippen LogP contribution in [-0.2, 0) is 23.7 Å². The molecule has 9 nitrogen and oxygen atoms in total. The van der Waals surface area contributed by atoms with Crippen molar-refractivity contribution in [3.05, 3.63) is 0 Å². The number of hydrogen-bond acceptors (Lipinski definition) is 5. The van der Waals surface area contributed by atoms with Gasteiger partial charge in [0.05, 0.1) is 12.8 Å². The van der Waals surface area contributed by atoms with Gasteiger partial charge in [-0.2, -0.15) is 0 Å². The molecule has 18 heavy (non-hydrogen) atoms. The molecule has 0 fully saturated rings. The van der Waals surface area contributed by atoms with Gasteiger partial charge in [0.2, 0.25) is 0 Å². The van der Waals surface area contributed by atoms with Crippen molar-refractivity contribution >= 4 is 32.2 Å². The Balaban J connectivity index is 5.78. The monoisotopic (exact) mass is 282 g/mol. The predicted molar refractivity (Wildman–Crippen MR) is 55.6 cm³/mol. The number of carboxylic acids is 3. The highest BCUT2D eigenvalue weighted by atomic mass is 31.1. The maximum atomic E-state index is 11.1. The van der Waals surface area contributed by atoms with E-state index < -0.39 is 49.9 Å². The van der Waals surface area contributed by atoms with Gasteiger partial charge in [-0.25, -0.2) is 0 Å². The fourth-order valence-electron chi connectivity index (χ4n) is 1.53. The van der Waals surface area contributed by atoms with Crippen molar-refractivity contribution in [2.75, 3.05) is 0 Å². The number of hydrogen-bond donors (Lipinski definition) is 4. The Kier molecular flexibility index (Phi) is 5.67. The van der Waals surface area contributed by atoms with Crippen LogP contribution in [0.2, 0.25) is 0 Å². The number of aliphatic carboxylic acids is 3. The highest BCUT2D eigenvalue weighted by Gasteiger charge is 2.51. The van der Waals surface area contributed by atoms with E-state index in [0.717, 1.165) is 0 Å². The molecule has 0 bridgehead atoms. The average Bonchev–Trinajstić information content (AvgIpc) is 2.14. The van der Waals surface area contributed by atoms with Crippen molar-refractivity contribution < 1.29 is 44.0 Å². The molecule has 0 heterocycles. The van der Waals surface area contributed by atoms with Crippen LogP contribution in [0.25, 0.3) is 0 Å². The molecule has 2 unspecified atom stereocenters. The van der Waals surface area contributed by atoms with Crippen molar-refractivity contribution in [3.63, 3.8) is 0 Å².